The summed E-state index contributed by atoms with van der Waals surface area (Å²) in [4.78, 5) is 44.2. The Bertz CT molecular complexity index is 1590. The van der Waals surface area contributed by atoms with Crippen LogP contribution in [-0.2, 0) is 27.3 Å². The molecule has 2 aromatic rings. The number of pyridine rings is 1. The van der Waals surface area contributed by atoms with Crippen molar-refractivity contribution in [3.8, 4) is 17.6 Å². The average Bonchev–Trinajstić information content (AvgIpc) is 3.31. The highest BCUT2D eigenvalue weighted by Crippen LogP contribution is 2.37. The smallest absolute Gasteiger partial charge is 0.310 e. The highest BCUT2D eigenvalue weighted by molar-refractivity contribution is 8.26. The molecule has 0 radical (unpaired) electrons. The third-order valence-corrected chi connectivity index (χ3v) is 9.52. The van der Waals surface area contributed by atoms with Crippen LogP contribution in [0.4, 0.5) is 5.82 Å². The predicted molar refractivity (Wildman–Crippen MR) is 180 cm³/mol. The van der Waals surface area contributed by atoms with Crippen LogP contribution in [0.15, 0.2) is 27.9 Å². The Hall–Kier alpha value is -3.82. The molecule has 2 aliphatic heterocycles. The van der Waals surface area contributed by atoms with E-state index in [0.29, 0.717) is 83.3 Å². The monoisotopic (exact) mass is 652 g/mol. The second kappa shape index (κ2) is 15.5. The lowest BCUT2D eigenvalue weighted by atomic mass is 9.96. The molecule has 10 nitrogen and oxygen atoms in total. The number of thiocarbonyl (C=S) groups is 1. The number of nitriles is 1. The number of esters is 1. The van der Waals surface area contributed by atoms with Gasteiger partial charge in [0.1, 0.15) is 21.8 Å². The number of hydrogen-bond donors (Lipinski definition) is 0. The molecule has 0 N–H and O–H groups in total. The van der Waals surface area contributed by atoms with Crippen LogP contribution in [0.2, 0.25) is 0 Å². The highest BCUT2D eigenvalue weighted by atomic mass is 32.2. The van der Waals surface area contributed by atoms with Gasteiger partial charge in [-0.2, -0.15) is 5.26 Å². The average molecular weight is 653 g/mol. The van der Waals surface area contributed by atoms with Crippen LogP contribution in [0.25, 0.3) is 6.08 Å². The minimum absolute atomic E-state index is 0.0454. The number of amides is 1. The molecule has 3 heterocycles. The second-order valence-corrected chi connectivity index (χ2v) is 12.6. The van der Waals surface area contributed by atoms with E-state index in [1.54, 1.807) is 43.6 Å². The number of anilines is 1. The summed E-state index contributed by atoms with van der Waals surface area (Å²) in [5.74, 6) is 1.02. The molecule has 1 aromatic heterocycles. The van der Waals surface area contributed by atoms with Crippen LogP contribution in [0, 0.1) is 24.2 Å². The third kappa shape index (κ3) is 7.36. The van der Waals surface area contributed by atoms with E-state index in [-0.39, 0.29) is 28.9 Å². The van der Waals surface area contributed by atoms with Gasteiger partial charge in [-0.25, -0.2) is 0 Å². The van der Waals surface area contributed by atoms with Gasteiger partial charge in [0.05, 0.1) is 31.6 Å². The van der Waals surface area contributed by atoms with Crippen LogP contribution in [0.3, 0.4) is 0 Å². The Balaban J connectivity index is 1.73. The zero-order valence-corrected chi connectivity index (χ0v) is 28.1. The van der Waals surface area contributed by atoms with Gasteiger partial charge >= 0.3 is 5.97 Å². The Labute approximate surface area is 273 Å². The van der Waals surface area contributed by atoms with Crippen LogP contribution < -0.4 is 19.9 Å². The SMILES string of the molecule is CCCCn1c(N2CCCC(C(=O)OCC)C2)c(/C=C2\SC(=S)N(CCc3ccc(OC)c(OC)c3)C2=O)c(C)c(C#N)c1=O. The third-order valence-electron chi connectivity index (χ3n) is 8.14. The zero-order valence-electron chi connectivity index (χ0n) is 26.5. The van der Waals surface area contributed by atoms with Crippen molar-refractivity contribution in [2.45, 2.75) is 59.4 Å². The summed E-state index contributed by atoms with van der Waals surface area (Å²) in [6.07, 6.45) is 5.32. The maximum atomic E-state index is 13.8. The quantitative estimate of drug-likeness (QED) is 0.175. The number of hydrogen-bond acceptors (Lipinski definition) is 10. The molecule has 12 heteroatoms. The molecule has 1 unspecified atom stereocenters. The predicted octanol–water partition coefficient (Wildman–Crippen LogP) is 5.07. The standard InChI is InChI=1S/C33H40N4O6S2/c1-6-8-15-36-29(35-14-9-10-23(20-35)32(40)43-7-2)24(21(3)25(19-34)30(36)38)18-28-31(39)37(33(44)45-28)16-13-22-11-12-26(41-4)27(17-22)42-5/h11-12,17-18,23H,6-10,13-16,20H2,1-5H3/b28-18-. The summed E-state index contributed by atoms with van der Waals surface area (Å²) >= 11 is 6.84. The van der Waals surface area contributed by atoms with Gasteiger partial charge < -0.3 is 19.1 Å². The molecular formula is C33H40N4O6S2. The van der Waals surface area contributed by atoms with Crippen LogP contribution >= 0.6 is 24.0 Å². The maximum Gasteiger partial charge on any atom is 0.310 e. The molecule has 0 spiro atoms. The summed E-state index contributed by atoms with van der Waals surface area (Å²) in [6, 6.07) is 7.74. The normalized spacial score (nSPS) is 17.5. The molecule has 0 aliphatic carbocycles. The molecule has 0 saturated carbocycles. The first kappa shape index (κ1) is 34.1. The van der Waals surface area contributed by atoms with Crippen molar-refractivity contribution in [1.82, 2.24) is 9.47 Å². The van der Waals surface area contributed by atoms with E-state index in [9.17, 15) is 19.6 Å². The summed E-state index contributed by atoms with van der Waals surface area (Å²) in [6.45, 7) is 7.64. The van der Waals surface area contributed by atoms with Crippen molar-refractivity contribution in [2.24, 2.45) is 5.92 Å². The highest BCUT2D eigenvalue weighted by Gasteiger charge is 2.35. The summed E-state index contributed by atoms with van der Waals surface area (Å²) in [5, 5.41) is 10.0. The van der Waals surface area contributed by atoms with E-state index in [2.05, 4.69) is 6.07 Å². The molecule has 4 rings (SSSR count). The molecule has 0 bridgehead atoms. The molecule has 1 amide bonds. The molecular weight excluding hydrogens is 613 g/mol. The van der Waals surface area contributed by atoms with Crippen LogP contribution in [0.1, 0.15) is 61.8 Å². The lowest BCUT2D eigenvalue weighted by Crippen LogP contribution is -2.43. The number of rotatable bonds is 12. The fourth-order valence-corrected chi connectivity index (χ4v) is 7.02. The minimum Gasteiger partial charge on any atom is -0.493 e. The van der Waals surface area contributed by atoms with E-state index >= 15 is 0 Å². The van der Waals surface area contributed by atoms with Gasteiger partial charge in [0.15, 0.2) is 11.5 Å². The number of carbonyl (C=O) groups excluding carboxylic acids is 2. The second-order valence-electron chi connectivity index (χ2n) is 11.0. The van der Waals surface area contributed by atoms with Crippen LogP contribution in [0.5, 0.6) is 11.5 Å². The van der Waals surface area contributed by atoms with Gasteiger partial charge in [0.2, 0.25) is 0 Å². The van der Waals surface area contributed by atoms with E-state index in [4.69, 9.17) is 26.4 Å². The lowest BCUT2D eigenvalue weighted by Gasteiger charge is -2.36. The fourth-order valence-electron chi connectivity index (χ4n) is 5.73. The van der Waals surface area contributed by atoms with Crippen molar-refractivity contribution in [3.05, 3.63) is 55.7 Å². The van der Waals surface area contributed by atoms with Gasteiger partial charge in [-0.3, -0.25) is 23.9 Å². The zero-order chi connectivity index (χ0) is 32.7. The van der Waals surface area contributed by atoms with Crippen molar-refractivity contribution < 1.29 is 23.8 Å². The van der Waals surface area contributed by atoms with E-state index in [0.717, 1.165) is 24.8 Å². The first-order valence-corrected chi connectivity index (χ1v) is 16.5. The molecule has 2 fully saturated rings. The van der Waals surface area contributed by atoms with Crippen molar-refractivity contribution in [2.75, 3.05) is 45.4 Å². The summed E-state index contributed by atoms with van der Waals surface area (Å²) < 4.78 is 18.2. The molecule has 45 heavy (non-hydrogen) atoms. The first-order chi connectivity index (χ1) is 21.7. The minimum atomic E-state index is -0.365. The number of unbranched alkanes of at least 4 members (excludes halogenated alkanes) is 1. The van der Waals surface area contributed by atoms with Gasteiger partial charge in [-0.1, -0.05) is 43.4 Å². The molecule has 1 aromatic carbocycles. The largest absolute Gasteiger partial charge is 0.493 e. The number of nitrogens with zero attached hydrogens (tertiary/aromatic N) is 4. The summed E-state index contributed by atoms with van der Waals surface area (Å²) in [5.41, 5.74) is 1.76. The Morgan fingerprint density at radius 3 is 2.60 bits per heavy atom. The molecule has 240 valence electrons. The number of carbonyl (C=O) groups is 2. The topological polar surface area (TPSA) is 114 Å². The van der Waals surface area contributed by atoms with Gasteiger partial charge in [-0.15, -0.1) is 0 Å². The first-order valence-electron chi connectivity index (χ1n) is 15.2. The molecule has 1 atom stereocenters. The molecule has 2 saturated heterocycles. The van der Waals surface area contributed by atoms with E-state index < -0.39 is 0 Å². The fraction of sp³-hybridized carbons (Fsp3) is 0.485. The Kier molecular flexibility index (Phi) is 11.7. The van der Waals surface area contributed by atoms with Gasteiger partial charge in [0, 0.05) is 31.7 Å². The van der Waals surface area contributed by atoms with Gasteiger partial charge in [-0.05, 0) is 68.9 Å². The number of aromatic nitrogens is 1. The van der Waals surface area contributed by atoms with E-state index in [1.165, 1.54) is 11.8 Å². The maximum absolute atomic E-state index is 13.8. The van der Waals surface area contributed by atoms with Gasteiger partial charge in [0.25, 0.3) is 11.5 Å². The van der Waals surface area contributed by atoms with Crippen LogP contribution in [-0.4, -0.2) is 66.1 Å². The van der Waals surface area contributed by atoms with Crippen molar-refractivity contribution in [3.63, 3.8) is 0 Å². The number of methoxy groups -OCH3 is 2. The Morgan fingerprint density at radius 2 is 1.93 bits per heavy atom. The Morgan fingerprint density at radius 1 is 1.18 bits per heavy atom. The summed E-state index contributed by atoms with van der Waals surface area (Å²) in [7, 11) is 3.16. The van der Waals surface area contributed by atoms with Crippen molar-refractivity contribution >= 4 is 52.1 Å². The lowest BCUT2D eigenvalue weighted by molar-refractivity contribution is -0.148. The number of ether oxygens (including phenoxy) is 3. The van der Waals surface area contributed by atoms with Crippen molar-refractivity contribution in [1.29, 1.82) is 5.26 Å². The number of benzene rings is 1. The molecule has 2 aliphatic rings. The number of thioether (sulfide) groups is 1. The number of piperidine rings is 1. The van der Waals surface area contributed by atoms with E-state index in [1.807, 2.05) is 30.0 Å².